The molecule has 1 atom stereocenters. The first kappa shape index (κ1) is 17.9. The van der Waals surface area contributed by atoms with E-state index in [1.165, 1.54) is 0 Å². The summed E-state index contributed by atoms with van der Waals surface area (Å²) in [6.07, 6.45) is 1.41. The Kier molecular flexibility index (Phi) is 6.04. The summed E-state index contributed by atoms with van der Waals surface area (Å²) in [5.41, 5.74) is 1.77. The van der Waals surface area contributed by atoms with Gasteiger partial charge in [-0.25, -0.2) is 0 Å². The zero-order valence-electron chi connectivity index (χ0n) is 15.1. The van der Waals surface area contributed by atoms with Gasteiger partial charge in [-0.05, 0) is 18.4 Å². The van der Waals surface area contributed by atoms with Crippen LogP contribution in [0.4, 0.5) is 0 Å². The Balaban J connectivity index is 1.57. The van der Waals surface area contributed by atoms with E-state index in [0.717, 1.165) is 49.3 Å². The highest BCUT2D eigenvalue weighted by atomic mass is 16.5. The van der Waals surface area contributed by atoms with Gasteiger partial charge in [0.25, 0.3) is 0 Å². The van der Waals surface area contributed by atoms with Crippen molar-refractivity contribution >= 4 is 16.8 Å². The zero-order chi connectivity index (χ0) is 17.6. The van der Waals surface area contributed by atoms with Gasteiger partial charge in [0, 0.05) is 31.1 Å². The second-order valence-electron chi connectivity index (χ2n) is 7.13. The van der Waals surface area contributed by atoms with Crippen molar-refractivity contribution in [1.29, 1.82) is 0 Å². The number of para-hydroxylation sites is 1. The maximum absolute atomic E-state index is 12.4. The molecule has 0 bridgehead atoms. The molecular formula is C19H28N4O2. The molecule has 3 rings (SSSR count). The summed E-state index contributed by atoms with van der Waals surface area (Å²) in [4.78, 5) is 14.9. The van der Waals surface area contributed by atoms with Gasteiger partial charge in [0.1, 0.15) is 0 Å². The number of aromatic nitrogens is 2. The number of hydrogen-bond acceptors (Lipinski definition) is 4. The number of ether oxygens (including phenoxy) is 1. The summed E-state index contributed by atoms with van der Waals surface area (Å²) < 4.78 is 5.45. The highest BCUT2D eigenvalue weighted by molar-refractivity contribution is 5.87. The van der Waals surface area contributed by atoms with Crippen LogP contribution in [-0.4, -0.2) is 59.9 Å². The molecule has 0 radical (unpaired) electrons. The van der Waals surface area contributed by atoms with Crippen molar-refractivity contribution in [2.45, 2.75) is 32.7 Å². The minimum atomic E-state index is 0.0384. The fourth-order valence-corrected chi connectivity index (χ4v) is 3.45. The van der Waals surface area contributed by atoms with Gasteiger partial charge in [0.2, 0.25) is 5.91 Å². The van der Waals surface area contributed by atoms with Gasteiger partial charge < -0.3 is 10.1 Å². The number of morpholine rings is 1. The number of nitrogens with one attached hydrogen (secondary N) is 2. The van der Waals surface area contributed by atoms with Gasteiger partial charge in [0.05, 0.1) is 30.8 Å². The number of hydrogen-bond donors (Lipinski definition) is 2. The molecule has 1 aromatic carbocycles. The Morgan fingerprint density at radius 3 is 2.84 bits per heavy atom. The Morgan fingerprint density at radius 1 is 1.32 bits per heavy atom. The minimum Gasteiger partial charge on any atom is -0.379 e. The summed E-state index contributed by atoms with van der Waals surface area (Å²) in [7, 11) is 0. The fraction of sp³-hybridized carbons (Fsp3) is 0.579. The third-order valence-electron chi connectivity index (χ3n) is 4.72. The molecule has 1 aromatic heterocycles. The van der Waals surface area contributed by atoms with Crippen LogP contribution in [0.15, 0.2) is 24.3 Å². The molecule has 0 aliphatic carbocycles. The van der Waals surface area contributed by atoms with Crippen molar-refractivity contribution in [2.75, 3.05) is 32.8 Å². The van der Waals surface area contributed by atoms with Crippen LogP contribution in [0.3, 0.4) is 0 Å². The van der Waals surface area contributed by atoms with Gasteiger partial charge in [-0.1, -0.05) is 32.0 Å². The topological polar surface area (TPSA) is 70.2 Å². The molecule has 6 heteroatoms. The summed E-state index contributed by atoms with van der Waals surface area (Å²) >= 11 is 0. The SMILES string of the molecule is CC(C)CC(CNC(=O)Cc1[nH]nc2ccccc12)N1CCOCC1. The van der Waals surface area contributed by atoms with Crippen LogP contribution in [0.2, 0.25) is 0 Å². The molecular weight excluding hydrogens is 316 g/mol. The Morgan fingerprint density at radius 2 is 2.08 bits per heavy atom. The first-order valence-corrected chi connectivity index (χ1v) is 9.14. The first-order valence-electron chi connectivity index (χ1n) is 9.14. The number of benzene rings is 1. The third kappa shape index (κ3) is 4.80. The number of amides is 1. The number of carbonyl (C=O) groups is 1. The van der Waals surface area contributed by atoms with E-state index in [1.807, 2.05) is 24.3 Å². The lowest BCUT2D eigenvalue weighted by molar-refractivity contribution is -0.120. The van der Waals surface area contributed by atoms with Crippen molar-refractivity contribution in [3.63, 3.8) is 0 Å². The van der Waals surface area contributed by atoms with Crippen LogP contribution in [0, 0.1) is 5.92 Å². The van der Waals surface area contributed by atoms with Crippen LogP contribution < -0.4 is 5.32 Å². The van der Waals surface area contributed by atoms with Crippen LogP contribution in [0.1, 0.15) is 26.0 Å². The van der Waals surface area contributed by atoms with E-state index in [4.69, 9.17) is 4.74 Å². The molecule has 136 valence electrons. The van der Waals surface area contributed by atoms with Crippen molar-refractivity contribution in [1.82, 2.24) is 20.4 Å². The van der Waals surface area contributed by atoms with Crippen LogP contribution in [0.5, 0.6) is 0 Å². The van der Waals surface area contributed by atoms with E-state index in [9.17, 15) is 4.79 Å². The van der Waals surface area contributed by atoms with E-state index in [-0.39, 0.29) is 5.91 Å². The molecule has 1 saturated heterocycles. The lowest BCUT2D eigenvalue weighted by Gasteiger charge is -2.35. The van der Waals surface area contributed by atoms with Crippen LogP contribution >= 0.6 is 0 Å². The highest BCUT2D eigenvalue weighted by Crippen LogP contribution is 2.16. The minimum absolute atomic E-state index is 0.0384. The van der Waals surface area contributed by atoms with Crippen molar-refractivity contribution < 1.29 is 9.53 Å². The smallest absolute Gasteiger partial charge is 0.226 e. The number of fused-ring (bicyclic) bond motifs is 1. The van der Waals surface area contributed by atoms with E-state index in [2.05, 4.69) is 34.3 Å². The van der Waals surface area contributed by atoms with Gasteiger partial charge in [0.15, 0.2) is 0 Å². The molecule has 0 saturated carbocycles. The largest absolute Gasteiger partial charge is 0.379 e. The van der Waals surface area contributed by atoms with Crippen molar-refractivity contribution in [3.05, 3.63) is 30.0 Å². The van der Waals surface area contributed by atoms with Crippen molar-refractivity contribution in [3.8, 4) is 0 Å². The lowest BCUT2D eigenvalue weighted by Crippen LogP contribution is -2.49. The highest BCUT2D eigenvalue weighted by Gasteiger charge is 2.22. The third-order valence-corrected chi connectivity index (χ3v) is 4.72. The van der Waals surface area contributed by atoms with E-state index >= 15 is 0 Å². The molecule has 1 aliphatic rings. The van der Waals surface area contributed by atoms with Gasteiger partial charge >= 0.3 is 0 Å². The summed E-state index contributed by atoms with van der Waals surface area (Å²) in [6, 6.07) is 8.23. The Hall–Kier alpha value is -1.92. The average Bonchev–Trinajstić information content (AvgIpc) is 3.02. The molecule has 1 amide bonds. The summed E-state index contributed by atoms with van der Waals surface area (Å²) in [6.45, 7) is 8.59. The zero-order valence-corrected chi connectivity index (χ0v) is 15.1. The second-order valence-corrected chi connectivity index (χ2v) is 7.13. The first-order chi connectivity index (χ1) is 12.1. The predicted octanol–water partition coefficient (Wildman–Crippen LogP) is 1.97. The predicted molar refractivity (Wildman–Crippen MR) is 98.4 cm³/mol. The standard InChI is InChI=1S/C19H28N4O2/c1-14(2)11-15(23-7-9-25-10-8-23)13-20-19(24)12-18-16-5-3-4-6-17(16)21-22-18/h3-6,14-15H,7-13H2,1-2H3,(H,20,24)(H,21,22). The molecule has 1 aliphatic heterocycles. The maximum atomic E-state index is 12.4. The molecule has 2 N–H and O–H groups in total. The van der Waals surface area contributed by atoms with Crippen LogP contribution in [0.25, 0.3) is 10.9 Å². The van der Waals surface area contributed by atoms with Gasteiger partial charge in [-0.2, -0.15) is 5.10 Å². The molecule has 25 heavy (non-hydrogen) atoms. The van der Waals surface area contributed by atoms with E-state index in [0.29, 0.717) is 24.9 Å². The lowest BCUT2D eigenvalue weighted by atomic mass is 10.0. The van der Waals surface area contributed by atoms with E-state index < -0.39 is 0 Å². The van der Waals surface area contributed by atoms with Gasteiger partial charge in [-0.15, -0.1) is 0 Å². The molecule has 2 heterocycles. The number of H-pyrrole nitrogens is 1. The molecule has 6 nitrogen and oxygen atoms in total. The van der Waals surface area contributed by atoms with Gasteiger partial charge in [-0.3, -0.25) is 14.8 Å². The number of aromatic amines is 1. The second kappa shape index (κ2) is 8.45. The average molecular weight is 344 g/mol. The Bertz CT molecular complexity index is 692. The van der Waals surface area contributed by atoms with Crippen LogP contribution in [-0.2, 0) is 16.0 Å². The fourth-order valence-electron chi connectivity index (χ4n) is 3.45. The molecule has 2 aromatic rings. The number of rotatable bonds is 7. The monoisotopic (exact) mass is 344 g/mol. The number of carbonyl (C=O) groups excluding carboxylic acids is 1. The molecule has 0 spiro atoms. The maximum Gasteiger partial charge on any atom is 0.226 e. The summed E-state index contributed by atoms with van der Waals surface area (Å²) in [5, 5.41) is 11.4. The van der Waals surface area contributed by atoms with E-state index in [1.54, 1.807) is 0 Å². The molecule has 1 unspecified atom stereocenters. The Labute approximate surface area is 148 Å². The summed E-state index contributed by atoms with van der Waals surface area (Å²) in [5.74, 6) is 0.637. The van der Waals surface area contributed by atoms with Crippen molar-refractivity contribution in [2.24, 2.45) is 5.92 Å². The quantitative estimate of drug-likeness (QED) is 0.806. The molecule has 1 fully saturated rings. The normalized spacial score (nSPS) is 17.1. The number of nitrogens with zero attached hydrogens (tertiary/aromatic N) is 2.